The lowest BCUT2D eigenvalue weighted by molar-refractivity contribution is -0.121. The number of nitrogens with one attached hydrogen (secondary N) is 1. The van der Waals surface area contributed by atoms with E-state index in [-0.39, 0.29) is 11.9 Å². The minimum atomic E-state index is 0.0544. The van der Waals surface area contributed by atoms with Crippen molar-refractivity contribution in [3.05, 3.63) is 64.1 Å². The smallest absolute Gasteiger partial charge is 0.220 e. The molecule has 4 rings (SSSR count). The van der Waals surface area contributed by atoms with Crippen molar-refractivity contribution in [1.29, 1.82) is 5.26 Å². The fourth-order valence-electron chi connectivity index (χ4n) is 4.16. The summed E-state index contributed by atoms with van der Waals surface area (Å²) in [5.74, 6) is 0.0544. The number of carbonyl (C=O) groups excluding carboxylic acids is 1. The molecule has 1 aliphatic carbocycles. The third kappa shape index (κ3) is 3.24. The summed E-state index contributed by atoms with van der Waals surface area (Å²) >= 11 is 0. The predicted octanol–water partition coefficient (Wildman–Crippen LogP) is 3.34. The molecule has 1 aromatic carbocycles. The van der Waals surface area contributed by atoms with Crippen LogP contribution < -0.4 is 5.32 Å². The Morgan fingerprint density at radius 1 is 1.36 bits per heavy atom. The number of aromatic nitrogens is 3. The van der Waals surface area contributed by atoms with Crippen LogP contribution in [0.25, 0.3) is 5.65 Å². The highest BCUT2D eigenvalue weighted by Gasteiger charge is 2.22. The lowest BCUT2D eigenvalue weighted by atomic mass is 9.87. The Morgan fingerprint density at radius 3 is 3.00 bits per heavy atom. The number of aryl methyl sites for hydroxylation is 3. The number of hydrogen-bond acceptors (Lipinski definition) is 4. The number of hydrogen-bond donors (Lipinski definition) is 1. The van der Waals surface area contributed by atoms with E-state index in [2.05, 4.69) is 39.7 Å². The third-order valence-corrected chi connectivity index (χ3v) is 5.64. The second-order valence-corrected chi connectivity index (χ2v) is 7.38. The van der Waals surface area contributed by atoms with E-state index in [9.17, 15) is 10.1 Å². The molecule has 6 heteroatoms. The van der Waals surface area contributed by atoms with Crippen molar-refractivity contribution in [3.8, 4) is 6.07 Å². The maximum absolute atomic E-state index is 12.6. The quantitative estimate of drug-likeness (QED) is 0.760. The average molecular weight is 373 g/mol. The molecule has 0 radical (unpaired) electrons. The molecule has 6 nitrogen and oxygen atoms in total. The summed E-state index contributed by atoms with van der Waals surface area (Å²) in [5.41, 5.74) is 6.42. The molecule has 0 saturated heterocycles. The summed E-state index contributed by atoms with van der Waals surface area (Å²) < 4.78 is 1.69. The summed E-state index contributed by atoms with van der Waals surface area (Å²) in [6, 6.07) is 10.6. The van der Waals surface area contributed by atoms with Gasteiger partial charge in [0.1, 0.15) is 11.6 Å². The first kappa shape index (κ1) is 18.2. The molecule has 142 valence electrons. The van der Waals surface area contributed by atoms with E-state index in [1.807, 2.05) is 19.9 Å². The van der Waals surface area contributed by atoms with Gasteiger partial charge in [-0.15, -0.1) is 0 Å². The molecule has 3 aromatic rings. The van der Waals surface area contributed by atoms with Gasteiger partial charge in [-0.2, -0.15) is 10.4 Å². The molecule has 0 bridgehead atoms. The molecule has 1 unspecified atom stereocenters. The summed E-state index contributed by atoms with van der Waals surface area (Å²) in [6.45, 7) is 3.88. The van der Waals surface area contributed by atoms with Crippen molar-refractivity contribution in [3.63, 3.8) is 0 Å². The highest BCUT2D eigenvalue weighted by atomic mass is 16.1. The first-order chi connectivity index (χ1) is 13.6. The Morgan fingerprint density at radius 2 is 2.18 bits per heavy atom. The Labute approximate surface area is 164 Å². The number of nitrogens with zero attached hydrogens (tertiary/aromatic N) is 4. The monoisotopic (exact) mass is 373 g/mol. The van der Waals surface area contributed by atoms with Gasteiger partial charge < -0.3 is 5.32 Å². The SMILES string of the molecule is Cc1nc2c(C#N)cnn2c(C)c1CCC(=O)NC1CCCc2ccccc21. The molecule has 1 aliphatic rings. The molecule has 0 saturated carbocycles. The second kappa shape index (κ2) is 7.43. The fraction of sp³-hybridized carbons (Fsp3) is 0.364. The van der Waals surface area contributed by atoms with Crippen LogP contribution in [0.5, 0.6) is 0 Å². The molecule has 28 heavy (non-hydrogen) atoms. The number of benzene rings is 1. The van der Waals surface area contributed by atoms with Gasteiger partial charge >= 0.3 is 0 Å². The van der Waals surface area contributed by atoms with Crippen molar-refractivity contribution < 1.29 is 4.79 Å². The number of rotatable bonds is 4. The molecular weight excluding hydrogens is 350 g/mol. The van der Waals surface area contributed by atoms with Crippen molar-refractivity contribution in [2.45, 2.75) is 52.0 Å². The van der Waals surface area contributed by atoms with E-state index in [1.165, 1.54) is 17.3 Å². The van der Waals surface area contributed by atoms with Gasteiger partial charge in [0.25, 0.3) is 0 Å². The van der Waals surface area contributed by atoms with E-state index in [4.69, 9.17) is 0 Å². The van der Waals surface area contributed by atoms with Gasteiger partial charge in [0.15, 0.2) is 5.65 Å². The lowest BCUT2D eigenvalue weighted by Crippen LogP contribution is -2.31. The van der Waals surface area contributed by atoms with E-state index >= 15 is 0 Å². The molecule has 1 amide bonds. The highest BCUT2D eigenvalue weighted by molar-refractivity contribution is 5.77. The second-order valence-electron chi connectivity index (χ2n) is 7.38. The molecule has 0 fully saturated rings. The topological polar surface area (TPSA) is 83.1 Å². The largest absolute Gasteiger partial charge is 0.349 e. The number of nitriles is 1. The Hall–Kier alpha value is -3.20. The maximum atomic E-state index is 12.6. The summed E-state index contributed by atoms with van der Waals surface area (Å²) in [4.78, 5) is 17.2. The number of amides is 1. The zero-order chi connectivity index (χ0) is 19.7. The van der Waals surface area contributed by atoms with Crippen LogP contribution in [-0.2, 0) is 17.6 Å². The van der Waals surface area contributed by atoms with Crippen LogP contribution in [0.4, 0.5) is 0 Å². The molecular formula is C22H23N5O. The van der Waals surface area contributed by atoms with Crippen LogP contribution in [0.15, 0.2) is 30.5 Å². The van der Waals surface area contributed by atoms with Crippen LogP contribution in [0, 0.1) is 25.2 Å². The molecule has 0 spiro atoms. The average Bonchev–Trinajstić information content (AvgIpc) is 3.11. The van der Waals surface area contributed by atoms with Crippen molar-refractivity contribution in [2.75, 3.05) is 0 Å². The lowest BCUT2D eigenvalue weighted by Gasteiger charge is -2.26. The van der Waals surface area contributed by atoms with Crippen LogP contribution >= 0.6 is 0 Å². The summed E-state index contributed by atoms with van der Waals surface area (Å²) in [5, 5.41) is 16.7. The number of carbonyl (C=O) groups is 1. The van der Waals surface area contributed by atoms with Gasteiger partial charge in [-0.1, -0.05) is 24.3 Å². The normalized spacial score (nSPS) is 15.8. The van der Waals surface area contributed by atoms with E-state index in [0.29, 0.717) is 24.1 Å². The zero-order valence-corrected chi connectivity index (χ0v) is 16.2. The molecule has 2 aromatic heterocycles. The first-order valence-electron chi connectivity index (χ1n) is 9.69. The van der Waals surface area contributed by atoms with Crippen LogP contribution in [-0.4, -0.2) is 20.5 Å². The van der Waals surface area contributed by atoms with Gasteiger partial charge in [0, 0.05) is 17.8 Å². The van der Waals surface area contributed by atoms with Gasteiger partial charge in [-0.3, -0.25) is 4.79 Å². The van der Waals surface area contributed by atoms with Crippen molar-refractivity contribution in [2.24, 2.45) is 0 Å². The van der Waals surface area contributed by atoms with Gasteiger partial charge in [0.05, 0.1) is 12.2 Å². The van der Waals surface area contributed by atoms with Crippen molar-refractivity contribution >= 4 is 11.6 Å². The van der Waals surface area contributed by atoms with Gasteiger partial charge in [-0.25, -0.2) is 9.50 Å². The molecule has 1 N–H and O–H groups in total. The van der Waals surface area contributed by atoms with Crippen LogP contribution in [0.3, 0.4) is 0 Å². The highest BCUT2D eigenvalue weighted by Crippen LogP contribution is 2.29. The summed E-state index contributed by atoms with van der Waals surface area (Å²) in [6.07, 6.45) is 5.70. The standard InChI is InChI=1S/C22H23N5O/c1-14-18(15(2)27-22(25-14)17(12-23)13-24-27)10-11-21(28)26-20-9-5-7-16-6-3-4-8-19(16)20/h3-4,6,8,13,20H,5,7,9-11H2,1-2H3,(H,26,28). The van der Waals surface area contributed by atoms with E-state index in [1.54, 1.807) is 4.52 Å². The Balaban J connectivity index is 1.48. The molecule has 1 atom stereocenters. The molecule has 2 heterocycles. The van der Waals surface area contributed by atoms with Crippen molar-refractivity contribution in [1.82, 2.24) is 19.9 Å². The van der Waals surface area contributed by atoms with E-state index in [0.717, 1.165) is 36.2 Å². The zero-order valence-electron chi connectivity index (χ0n) is 16.2. The maximum Gasteiger partial charge on any atom is 0.220 e. The van der Waals surface area contributed by atoms with Crippen LogP contribution in [0.2, 0.25) is 0 Å². The molecule has 0 aliphatic heterocycles. The van der Waals surface area contributed by atoms with E-state index < -0.39 is 0 Å². The van der Waals surface area contributed by atoms with Gasteiger partial charge in [0.2, 0.25) is 5.91 Å². The fourth-order valence-corrected chi connectivity index (χ4v) is 4.16. The van der Waals surface area contributed by atoms with Crippen LogP contribution in [0.1, 0.15) is 58.9 Å². The Bertz CT molecular complexity index is 1090. The predicted molar refractivity (Wildman–Crippen MR) is 106 cm³/mol. The summed E-state index contributed by atoms with van der Waals surface area (Å²) in [7, 11) is 0. The minimum absolute atomic E-state index is 0.0544. The first-order valence-corrected chi connectivity index (χ1v) is 9.69. The van der Waals surface area contributed by atoms with Gasteiger partial charge in [-0.05, 0) is 56.2 Å². The minimum Gasteiger partial charge on any atom is -0.349 e. The Kier molecular flexibility index (Phi) is 4.82. The number of fused-ring (bicyclic) bond motifs is 2. The third-order valence-electron chi connectivity index (χ3n) is 5.64.